The van der Waals surface area contributed by atoms with E-state index in [1.165, 1.54) is 0 Å². The minimum atomic E-state index is -0.0709. The maximum absolute atomic E-state index is 11.9. The van der Waals surface area contributed by atoms with Gasteiger partial charge in [-0.2, -0.15) is 0 Å². The van der Waals surface area contributed by atoms with Gasteiger partial charge in [0.1, 0.15) is 5.75 Å². The van der Waals surface area contributed by atoms with E-state index in [4.69, 9.17) is 4.74 Å². The number of carbonyl (C=O) groups excluding carboxylic acids is 1. The van der Waals surface area contributed by atoms with Crippen LogP contribution in [0.1, 0.15) is 37.0 Å². The van der Waals surface area contributed by atoms with Gasteiger partial charge in [0, 0.05) is 6.04 Å². The minimum Gasteiger partial charge on any atom is -0.496 e. The number of carbonyl (C=O) groups is 1. The van der Waals surface area contributed by atoms with Gasteiger partial charge in [-0.3, -0.25) is 4.79 Å². The van der Waals surface area contributed by atoms with Crippen LogP contribution in [-0.4, -0.2) is 19.1 Å². The standard InChI is InChI=1S/C13H19NO2/c1-4-7-10(2)14-13(15)11-8-5-6-9-12(11)16-3/h5-6,8-10H,4,7H2,1-3H3,(H,14,15). The second-order valence-corrected chi connectivity index (χ2v) is 3.86. The van der Waals surface area contributed by atoms with Gasteiger partial charge in [-0.05, 0) is 25.5 Å². The SMILES string of the molecule is CCCC(C)NC(=O)c1ccccc1OC. The Labute approximate surface area is 96.8 Å². The van der Waals surface area contributed by atoms with E-state index in [-0.39, 0.29) is 11.9 Å². The fourth-order valence-corrected chi connectivity index (χ4v) is 1.64. The van der Waals surface area contributed by atoms with E-state index in [0.29, 0.717) is 11.3 Å². The molecule has 0 aliphatic heterocycles. The molecule has 0 aliphatic rings. The minimum absolute atomic E-state index is 0.0709. The van der Waals surface area contributed by atoms with Crippen molar-refractivity contribution in [2.24, 2.45) is 0 Å². The number of para-hydroxylation sites is 1. The molecule has 0 aromatic heterocycles. The molecule has 1 rings (SSSR count). The summed E-state index contributed by atoms with van der Waals surface area (Å²) in [6.45, 7) is 4.11. The normalized spacial score (nSPS) is 11.9. The van der Waals surface area contributed by atoms with Crippen molar-refractivity contribution >= 4 is 5.91 Å². The van der Waals surface area contributed by atoms with Crippen LogP contribution in [0.2, 0.25) is 0 Å². The van der Waals surface area contributed by atoms with E-state index in [0.717, 1.165) is 12.8 Å². The monoisotopic (exact) mass is 221 g/mol. The average molecular weight is 221 g/mol. The van der Waals surface area contributed by atoms with Crippen LogP contribution in [-0.2, 0) is 0 Å². The predicted octanol–water partition coefficient (Wildman–Crippen LogP) is 2.61. The van der Waals surface area contributed by atoms with Crippen molar-refractivity contribution in [2.45, 2.75) is 32.7 Å². The predicted molar refractivity (Wildman–Crippen MR) is 64.8 cm³/mol. The summed E-state index contributed by atoms with van der Waals surface area (Å²) >= 11 is 0. The Kier molecular flexibility index (Phi) is 4.83. The maximum atomic E-state index is 11.9. The van der Waals surface area contributed by atoms with E-state index in [1.54, 1.807) is 19.2 Å². The summed E-state index contributed by atoms with van der Waals surface area (Å²) in [6, 6.07) is 7.45. The van der Waals surface area contributed by atoms with Gasteiger partial charge >= 0.3 is 0 Å². The molecule has 0 radical (unpaired) electrons. The number of hydrogen-bond donors (Lipinski definition) is 1. The first-order chi connectivity index (χ1) is 7.69. The van der Waals surface area contributed by atoms with Crippen LogP contribution >= 0.6 is 0 Å². The van der Waals surface area contributed by atoms with E-state index in [9.17, 15) is 4.79 Å². The molecule has 3 heteroatoms. The number of rotatable bonds is 5. The maximum Gasteiger partial charge on any atom is 0.255 e. The zero-order valence-electron chi connectivity index (χ0n) is 10.1. The third-order valence-corrected chi connectivity index (χ3v) is 2.45. The number of hydrogen-bond acceptors (Lipinski definition) is 2. The van der Waals surface area contributed by atoms with Gasteiger partial charge in [0.05, 0.1) is 12.7 Å². The molecule has 3 nitrogen and oxygen atoms in total. The third kappa shape index (κ3) is 3.26. The highest BCUT2D eigenvalue weighted by molar-refractivity contribution is 5.97. The molecule has 88 valence electrons. The average Bonchev–Trinajstić information content (AvgIpc) is 2.29. The van der Waals surface area contributed by atoms with Gasteiger partial charge in [0.15, 0.2) is 0 Å². The molecule has 0 fully saturated rings. The van der Waals surface area contributed by atoms with Crippen molar-refractivity contribution in [1.29, 1.82) is 0 Å². The number of benzene rings is 1. The second kappa shape index (κ2) is 6.16. The first-order valence-corrected chi connectivity index (χ1v) is 5.63. The van der Waals surface area contributed by atoms with Gasteiger partial charge in [0.25, 0.3) is 5.91 Å². The van der Waals surface area contributed by atoms with Crippen molar-refractivity contribution in [3.05, 3.63) is 29.8 Å². The van der Waals surface area contributed by atoms with Crippen LogP contribution < -0.4 is 10.1 Å². The van der Waals surface area contributed by atoms with Gasteiger partial charge in [0.2, 0.25) is 0 Å². The molecule has 1 aromatic rings. The number of nitrogens with one attached hydrogen (secondary N) is 1. The van der Waals surface area contributed by atoms with E-state index < -0.39 is 0 Å². The molecule has 1 N–H and O–H groups in total. The molecule has 1 atom stereocenters. The quantitative estimate of drug-likeness (QED) is 0.830. The summed E-state index contributed by atoms with van der Waals surface area (Å²) in [5, 5.41) is 2.95. The van der Waals surface area contributed by atoms with Gasteiger partial charge in [-0.15, -0.1) is 0 Å². The Hall–Kier alpha value is -1.51. The van der Waals surface area contributed by atoms with Crippen LogP contribution in [0.15, 0.2) is 24.3 Å². The molecule has 16 heavy (non-hydrogen) atoms. The van der Waals surface area contributed by atoms with Crippen LogP contribution in [0.25, 0.3) is 0 Å². The lowest BCUT2D eigenvalue weighted by Gasteiger charge is -2.14. The zero-order chi connectivity index (χ0) is 12.0. The Balaban J connectivity index is 2.72. The van der Waals surface area contributed by atoms with Crippen molar-refractivity contribution in [1.82, 2.24) is 5.32 Å². The Morgan fingerprint density at radius 3 is 2.75 bits per heavy atom. The lowest BCUT2D eigenvalue weighted by molar-refractivity contribution is 0.0935. The Morgan fingerprint density at radius 2 is 2.12 bits per heavy atom. The van der Waals surface area contributed by atoms with Crippen molar-refractivity contribution in [3.63, 3.8) is 0 Å². The van der Waals surface area contributed by atoms with Crippen molar-refractivity contribution < 1.29 is 9.53 Å². The highest BCUT2D eigenvalue weighted by Gasteiger charge is 2.13. The molecule has 1 unspecified atom stereocenters. The fraction of sp³-hybridized carbons (Fsp3) is 0.462. The largest absolute Gasteiger partial charge is 0.496 e. The molecule has 1 amide bonds. The Morgan fingerprint density at radius 1 is 1.44 bits per heavy atom. The van der Waals surface area contributed by atoms with Crippen LogP contribution in [0.4, 0.5) is 0 Å². The lowest BCUT2D eigenvalue weighted by Crippen LogP contribution is -2.32. The summed E-state index contributed by atoms with van der Waals surface area (Å²) in [7, 11) is 1.57. The summed E-state index contributed by atoms with van der Waals surface area (Å²) in [4.78, 5) is 11.9. The van der Waals surface area contributed by atoms with Crippen LogP contribution in [0.3, 0.4) is 0 Å². The first-order valence-electron chi connectivity index (χ1n) is 5.63. The molecular weight excluding hydrogens is 202 g/mol. The van der Waals surface area contributed by atoms with Crippen LogP contribution in [0.5, 0.6) is 5.75 Å². The van der Waals surface area contributed by atoms with Crippen molar-refractivity contribution in [3.8, 4) is 5.75 Å². The molecule has 0 spiro atoms. The molecule has 0 heterocycles. The van der Waals surface area contributed by atoms with Crippen molar-refractivity contribution in [2.75, 3.05) is 7.11 Å². The highest BCUT2D eigenvalue weighted by Crippen LogP contribution is 2.17. The summed E-state index contributed by atoms with van der Waals surface area (Å²) in [5.41, 5.74) is 0.591. The number of methoxy groups -OCH3 is 1. The molecular formula is C13H19NO2. The van der Waals surface area contributed by atoms with Gasteiger partial charge in [-0.1, -0.05) is 25.5 Å². The third-order valence-electron chi connectivity index (χ3n) is 2.45. The molecule has 0 aliphatic carbocycles. The van der Waals surface area contributed by atoms with Crippen LogP contribution in [0, 0.1) is 0 Å². The molecule has 0 saturated heterocycles. The molecule has 1 aromatic carbocycles. The Bertz CT molecular complexity index is 350. The first kappa shape index (κ1) is 12.6. The lowest BCUT2D eigenvalue weighted by atomic mass is 10.1. The topological polar surface area (TPSA) is 38.3 Å². The zero-order valence-corrected chi connectivity index (χ0v) is 10.1. The second-order valence-electron chi connectivity index (χ2n) is 3.86. The number of amides is 1. The fourth-order valence-electron chi connectivity index (χ4n) is 1.64. The summed E-state index contributed by atoms with van der Waals surface area (Å²) < 4.78 is 5.15. The number of ether oxygens (including phenoxy) is 1. The highest BCUT2D eigenvalue weighted by atomic mass is 16.5. The summed E-state index contributed by atoms with van der Waals surface area (Å²) in [6.07, 6.45) is 2.05. The van der Waals surface area contributed by atoms with E-state index in [1.807, 2.05) is 19.1 Å². The molecule has 0 bridgehead atoms. The van der Waals surface area contributed by atoms with E-state index in [2.05, 4.69) is 12.2 Å². The van der Waals surface area contributed by atoms with Gasteiger partial charge in [-0.25, -0.2) is 0 Å². The smallest absolute Gasteiger partial charge is 0.255 e. The molecule has 0 saturated carbocycles. The van der Waals surface area contributed by atoms with Gasteiger partial charge < -0.3 is 10.1 Å². The summed E-state index contributed by atoms with van der Waals surface area (Å²) in [5.74, 6) is 0.544. The van der Waals surface area contributed by atoms with E-state index >= 15 is 0 Å².